The second kappa shape index (κ2) is 18.9. The number of nitrogens with zero attached hydrogens (tertiary/aromatic N) is 4. The molecule has 74 heavy (non-hydrogen) atoms. The van der Waals surface area contributed by atoms with Crippen molar-refractivity contribution in [2.45, 2.75) is 33.7 Å². The van der Waals surface area contributed by atoms with E-state index in [2.05, 4.69) is 244 Å². The average molecular weight is 949 g/mol. The summed E-state index contributed by atoms with van der Waals surface area (Å²) in [7, 11) is 0. The molecule has 352 valence electrons. The van der Waals surface area contributed by atoms with E-state index in [0.717, 1.165) is 61.8 Å². The molecule has 4 aliphatic rings. The molecule has 0 amide bonds. The Bertz CT molecular complexity index is 3950. The van der Waals surface area contributed by atoms with Crippen molar-refractivity contribution in [3.63, 3.8) is 0 Å². The highest BCUT2D eigenvalue weighted by Gasteiger charge is 2.41. The van der Waals surface area contributed by atoms with Crippen LogP contribution in [0.4, 0.5) is 22.7 Å². The Balaban J connectivity index is 1.04. The molecule has 0 aromatic heterocycles. The van der Waals surface area contributed by atoms with Gasteiger partial charge in [0.25, 0.3) is 0 Å². The van der Waals surface area contributed by atoms with Gasteiger partial charge in [0.1, 0.15) is 0 Å². The predicted octanol–water partition coefficient (Wildman–Crippen LogP) is 17.4. The van der Waals surface area contributed by atoms with Crippen LogP contribution in [0.3, 0.4) is 0 Å². The Morgan fingerprint density at radius 3 is 1.54 bits per heavy atom. The molecule has 0 saturated carbocycles. The number of nitriles is 2. The van der Waals surface area contributed by atoms with Gasteiger partial charge in [-0.3, -0.25) is 0 Å². The van der Waals surface area contributed by atoms with Crippen molar-refractivity contribution in [3.05, 3.63) is 298 Å². The minimum absolute atomic E-state index is 0.0798. The van der Waals surface area contributed by atoms with Crippen LogP contribution in [-0.2, 0) is 0 Å². The Kier molecular flexibility index (Phi) is 11.7. The third-order valence-corrected chi connectivity index (χ3v) is 15.2. The number of benzene rings is 8. The fourth-order valence-corrected chi connectivity index (χ4v) is 11.6. The molecule has 0 heterocycles. The largest absolute Gasteiger partial charge is 0.330 e. The average Bonchev–Trinajstić information content (AvgIpc) is 3.44. The van der Waals surface area contributed by atoms with E-state index in [-0.39, 0.29) is 12.0 Å². The van der Waals surface area contributed by atoms with E-state index in [4.69, 9.17) is 0 Å². The van der Waals surface area contributed by atoms with Gasteiger partial charge in [-0.05, 0) is 178 Å². The summed E-state index contributed by atoms with van der Waals surface area (Å²) < 4.78 is 0. The molecule has 12 rings (SSSR count). The molecular formula is C70H52N4. The summed E-state index contributed by atoms with van der Waals surface area (Å²) >= 11 is 0. The van der Waals surface area contributed by atoms with E-state index in [1.54, 1.807) is 0 Å². The van der Waals surface area contributed by atoms with Crippen molar-refractivity contribution in [1.82, 2.24) is 0 Å². The van der Waals surface area contributed by atoms with Crippen LogP contribution in [0.15, 0.2) is 264 Å². The Morgan fingerprint density at radius 2 is 0.959 bits per heavy atom. The first-order valence-electron chi connectivity index (χ1n) is 25.3. The van der Waals surface area contributed by atoms with E-state index in [1.807, 2.05) is 36.4 Å². The number of hydrogen-bond acceptors (Lipinski definition) is 4. The van der Waals surface area contributed by atoms with Crippen molar-refractivity contribution >= 4 is 22.7 Å². The lowest BCUT2D eigenvalue weighted by atomic mass is 9.67. The normalized spacial score (nSPS) is 16.0. The number of rotatable bonds is 10. The minimum atomic E-state index is -0.236. The van der Waals surface area contributed by atoms with Gasteiger partial charge in [-0.25, -0.2) is 0 Å². The first-order valence-corrected chi connectivity index (χ1v) is 25.3. The van der Waals surface area contributed by atoms with Crippen LogP contribution < -0.4 is 9.80 Å². The van der Waals surface area contributed by atoms with Gasteiger partial charge in [0, 0.05) is 34.1 Å². The van der Waals surface area contributed by atoms with Crippen LogP contribution in [-0.4, -0.2) is 6.04 Å². The van der Waals surface area contributed by atoms with Gasteiger partial charge >= 0.3 is 0 Å². The van der Waals surface area contributed by atoms with Crippen LogP contribution in [0.25, 0.3) is 44.5 Å². The topological polar surface area (TPSA) is 54.1 Å². The zero-order chi connectivity index (χ0) is 50.5. The molecule has 8 aromatic rings. The fraction of sp³-hybridized carbons (Fsp3) is 0.0857. The lowest BCUT2D eigenvalue weighted by molar-refractivity contribution is 0.773. The molecule has 8 aromatic carbocycles. The minimum Gasteiger partial charge on any atom is -0.330 e. The number of aryl methyl sites for hydroxylation is 4. The number of anilines is 4. The lowest BCUT2D eigenvalue weighted by Gasteiger charge is -2.44. The summed E-state index contributed by atoms with van der Waals surface area (Å²) in [6.45, 7) is 8.72. The summed E-state index contributed by atoms with van der Waals surface area (Å²) in [6, 6.07) is 68.8. The maximum absolute atomic E-state index is 10.4. The molecule has 0 aliphatic heterocycles. The molecule has 0 bridgehead atoms. The van der Waals surface area contributed by atoms with Gasteiger partial charge in [0.15, 0.2) is 0 Å². The molecule has 2 atom stereocenters. The molecule has 0 fully saturated rings. The van der Waals surface area contributed by atoms with Crippen LogP contribution in [0.2, 0.25) is 0 Å². The molecule has 4 nitrogen and oxygen atoms in total. The van der Waals surface area contributed by atoms with Gasteiger partial charge in [0.2, 0.25) is 0 Å². The highest BCUT2D eigenvalue weighted by molar-refractivity contribution is 5.92. The maximum Gasteiger partial charge on any atom is 0.0992 e. The third-order valence-electron chi connectivity index (χ3n) is 15.2. The van der Waals surface area contributed by atoms with Crippen LogP contribution in [0.1, 0.15) is 33.4 Å². The van der Waals surface area contributed by atoms with E-state index in [1.165, 1.54) is 61.2 Å². The second-order valence-electron chi connectivity index (χ2n) is 19.7. The van der Waals surface area contributed by atoms with E-state index < -0.39 is 0 Å². The van der Waals surface area contributed by atoms with Crippen LogP contribution in [0.5, 0.6) is 0 Å². The first-order chi connectivity index (χ1) is 36.3. The van der Waals surface area contributed by atoms with Crippen molar-refractivity contribution in [3.8, 4) is 56.6 Å². The number of hydrogen-bond donors (Lipinski definition) is 0. The summed E-state index contributed by atoms with van der Waals surface area (Å²) in [4.78, 5) is 4.82. The van der Waals surface area contributed by atoms with Crippen molar-refractivity contribution in [2.24, 2.45) is 5.92 Å². The lowest BCUT2D eigenvalue weighted by Crippen LogP contribution is -2.37. The van der Waals surface area contributed by atoms with Gasteiger partial charge < -0.3 is 9.80 Å². The monoisotopic (exact) mass is 948 g/mol. The standard InChI is InChI=1S/C70H52N4/c1-45-15-5-9-23-57(45)53-31-37-67(63(41-53)59-25-11-7-17-47(59)3)73(55-21-13-19-49(39-55)43-71)65-35-29-51-28-34-62-66(36-30-52-27-33-61(65)69(51)70(52)62)74(56-22-14-20-50(40-56)44-72)68-38-32-54(58-24-10-6-16-46(58)2)42-64(68)60-26-12-8-18-48(60)4/h5-42,65,70H,1-4H3. The van der Waals surface area contributed by atoms with Crippen molar-refractivity contribution < 1.29 is 0 Å². The summed E-state index contributed by atoms with van der Waals surface area (Å²) in [5.41, 5.74) is 26.2. The molecule has 0 saturated heterocycles. The smallest absolute Gasteiger partial charge is 0.0992 e. The molecule has 0 radical (unpaired) electrons. The van der Waals surface area contributed by atoms with E-state index in [9.17, 15) is 10.5 Å². The van der Waals surface area contributed by atoms with Gasteiger partial charge in [-0.15, -0.1) is 0 Å². The summed E-state index contributed by atoms with van der Waals surface area (Å²) in [5, 5.41) is 20.7. The highest BCUT2D eigenvalue weighted by atomic mass is 15.2. The quantitative estimate of drug-likeness (QED) is 0.137. The Morgan fingerprint density at radius 1 is 0.432 bits per heavy atom. The van der Waals surface area contributed by atoms with Gasteiger partial charge in [-0.2, -0.15) is 10.5 Å². The van der Waals surface area contributed by atoms with E-state index >= 15 is 0 Å². The molecule has 2 unspecified atom stereocenters. The fourth-order valence-electron chi connectivity index (χ4n) is 11.6. The van der Waals surface area contributed by atoms with Gasteiger partial charge in [-0.1, -0.05) is 164 Å². The first kappa shape index (κ1) is 45.6. The number of allylic oxidation sites excluding steroid dienone is 10. The van der Waals surface area contributed by atoms with Crippen molar-refractivity contribution in [2.75, 3.05) is 9.80 Å². The summed E-state index contributed by atoms with van der Waals surface area (Å²) in [6.07, 6.45) is 18.4. The van der Waals surface area contributed by atoms with Crippen LogP contribution in [0, 0.1) is 56.3 Å². The molecule has 4 heteroatoms. The Labute approximate surface area is 434 Å². The second-order valence-corrected chi connectivity index (χ2v) is 19.7. The summed E-state index contributed by atoms with van der Waals surface area (Å²) in [5.74, 6) is -0.0798. The highest BCUT2D eigenvalue weighted by Crippen LogP contribution is 2.53. The van der Waals surface area contributed by atoms with Crippen LogP contribution >= 0.6 is 0 Å². The molecule has 0 N–H and O–H groups in total. The van der Waals surface area contributed by atoms with Crippen molar-refractivity contribution in [1.29, 1.82) is 10.5 Å². The SMILES string of the molecule is Cc1ccccc1-c1ccc(N(C2=C3C=CC4=C5C(=CC=C(C=C2)C35)C(N(c2cccc(C#N)c2)c2ccc(-c3ccccc3C)cc2-c2ccccc2C)C=C4)c2cccc(C#N)c2)c(-c2ccccc2C)c1. The molecule has 4 aliphatic carbocycles. The van der Waals surface area contributed by atoms with Gasteiger partial charge in [0.05, 0.1) is 40.7 Å². The Hall–Kier alpha value is -9.48. The zero-order valence-corrected chi connectivity index (χ0v) is 41.9. The third kappa shape index (κ3) is 7.95. The predicted molar refractivity (Wildman–Crippen MR) is 305 cm³/mol. The molecule has 0 spiro atoms. The zero-order valence-electron chi connectivity index (χ0n) is 41.9. The molecular weight excluding hydrogens is 897 g/mol. The van der Waals surface area contributed by atoms with E-state index in [0.29, 0.717) is 11.1 Å². The maximum atomic E-state index is 10.4.